The van der Waals surface area contributed by atoms with Crippen LogP contribution in [-0.4, -0.2) is 93.6 Å². The molecule has 10 rings (SSSR count). The minimum absolute atomic E-state index is 0.0395. The molecule has 5 aliphatic rings. The molecule has 4 fully saturated rings. The summed E-state index contributed by atoms with van der Waals surface area (Å²) in [6, 6.07) is 14.1. The number of carbonyl (C=O) groups excluding carboxylic acids is 4. The zero-order valence-corrected chi connectivity index (χ0v) is 41.0. The largest absolute Gasteiger partial charge is 0.505 e. The summed E-state index contributed by atoms with van der Waals surface area (Å²) >= 11 is 6.61. The Morgan fingerprint density at radius 3 is 2.28 bits per heavy atom. The van der Waals surface area contributed by atoms with E-state index in [4.69, 9.17) is 22.1 Å². The summed E-state index contributed by atoms with van der Waals surface area (Å²) < 4.78 is 71.7. The van der Waals surface area contributed by atoms with E-state index in [1.165, 1.54) is 22.9 Å². The van der Waals surface area contributed by atoms with Crippen LogP contribution in [-0.2, 0) is 27.0 Å². The van der Waals surface area contributed by atoms with Gasteiger partial charge in [0.05, 0.1) is 22.2 Å². The van der Waals surface area contributed by atoms with E-state index in [1.54, 1.807) is 7.05 Å². The molecule has 5 aromatic rings. The molecule has 3 atom stereocenters. The number of piperidine rings is 3. The van der Waals surface area contributed by atoms with E-state index in [1.807, 2.05) is 42.2 Å². The highest BCUT2D eigenvalue weighted by Gasteiger charge is 2.50. The molecule has 4 aromatic carbocycles. The molecule has 5 heterocycles. The van der Waals surface area contributed by atoms with E-state index in [2.05, 4.69) is 20.6 Å². The van der Waals surface area contributed by atoms with E-state index in [9.17, 15) is 24.3 Å². The Balaban J connectivity index is 0.731. The summed E-state index contributed by atoms with van der Waals surface area (Å²) in [6.45, 7) is 5.75. The molecule has 72 heavy (non-hydrogen) atoms. The van der Waals surface area contributed by atoms with E-state index < -0.39 is 68.9 Å². The number of fused-ring (bicyclic) bond motifs is 2. The SMILES string of the molecule is CC1c2c(cc(F)c(Cl)c2-c2c(C(N)=O)ccc(O)c2F)OC1(CNC1CCC(C(=O)N2CCC(CN3CCC(c4c(F)cc5c(C6CCC(=O)NC6=O)nn(C)c5c4F)CC3)CC2)CC1)c1ccccc1. The van der Waals surface area contributed by atoms with Crippen molar-refractivity contribution in [2.45, 2.75) is 101 Å². The van der Waals surface area contributed by atoms with Gasteiger partial charge in [0, 0.05) is 91.2 Å². The number of carbonyl (C=O) groups is 4. The van der Waals surface area contributed by atoms with Crippen molar-refractivity contribution in [2.75, 3.05) is 39.3 Å². The fourth-order valence-corrected chi connectivity index (χ4v) is 12.7. The van der Waals surface area contributed by atoms with Crippen molar-refractivity contribution in [3.8, 4) is 22.6 Å². The molecule has 3 saturated heterocycles. The highest BCUT2D eigenvalue weighted by Crippen LogP contribution is 2.56. The monoisotopic (exact) mass is 1010 g/mol. The van der Waals surface area contributed by atoms with Crippen molar-refractivity contribution < 1.29 is 46.6 Å². The Morgan fingerprint density at radius 1 is 0.889 bits per heavy atom. The first kappa shape index (κ1) is 49.5. The lowest BCUT2D eigenvalue weighted by Crippen LogP contribution is -2.49. The number of phenolic OH excluding ortho intramolecular Hbond substituents is 1. The summed E-state index contributed by atoms with van der Waals surface area (Å²) in [4.78, 5) is 55.2. The van der Waals surface area contributed by atoms with Crippen LogP contribution in [0.5, 0.6) is 11.5 Å². The van der Waals surface area contributed by atoms with E-state index in [0.717, 1.165) is 43.9 Å². The standard InChI is InChI=1S/C54H58ClF4N7O6/c1-28-42-40(25-38(57)46(55)45(42)44-34(51(60)69)12-14-39(67)47(44)58)72-54(28,32-6-4-3-5-7-32)27-61-33-10-8-31(9-11-33)53(71)66-22-16-29(17-23-66)26-65-20-18-30(19-21-65)43-37(56)24-36-49(63-64(2)50(36)48(43)59)35-13-15-41(68)62-52(35)70/h3-7,12,14,24-25,28-31,33,35,61,67H,8-11,13,15-23,26-27H2,1-2H3,(H2,60,69)(H,62,68,70). The number of aryl methyl sites for hydroxylation is 1. The summed E-state index contributed by atoms with van der Waals surface area (Å²) in [5.41, 5.74) is 5.39. The number of aromatic hydroxyl groups is 1. The summed E-state index contributed by atoms with van der Waals surface area (Å²) in [5, 5.41) is 20.6. The number of nitrogens with zero attached hydrogens (tertiary/aromatic N) is 4. The number of rotatable bonds is 11. The van der Waals surface area contributed by atoms with Crippen molar-refractivity contribution >= 4 is 46.1 Å². The van der Waals surface area contributed by atoms with Gasteiger partial charge in [-0.2, -0.15) is 5.10 Å². The number of primary amides is 1. The molecule has 1 aromatic heterocycles. The number of nitrogens with one attached hydrogen (secondary N) is 2. The van der Waals surface area contributed by atoms with Gasteiger partial charge in [0.25, 0.3) is 0 Å². The minimum Gasteiger partial charge on any atom is -0.505 e. The maximum absolute atomic E-state index is 16.2. The third-order valence-corrected chi connectivity index (χ3v) is 16.7. The smallest absolute Gasteiger partial charge is 0.249 e. The van der Waals surface area contributed by atoms with Gasteiger partial charge in [-0.1, -0.05) is 48.9 Å². The highest BCUT2D eigenvalue weighted by molar-refractivity contribution is 6.34. The molecule has 4 aliphatic heterocycles. The third-order valence-electron chi connectivity index (χ3n) is 16.4. The Morgan fingerprint density at radius 2 is 1.60 bits per heavy atom. The van der Waals surface area contributed by atoms with Gasteiger partial charge in [-0.25, -0.2) is 17.6 Å². The molecule has 3 unspecified atom stereocenters. The number of phenols is 1. The number of hydrogen-bond donors (Lipinski definition) is 4. The Hall–Kier alpha value is -6.04. The first-order valence-corrected chi connectivity index (χ1v) is 25.4. The second kappa shape index (κ2) is 19.8. The van der Waals surface area contributed by atoms with Crippen LogP contribution in [0.4, 0.5) is 17.6 Å². The molecule has 0 spiro atoms. The van der Waals surface area contributed by atoms with E-state index >= 15 is 17.6 Å². The molecule has 380 valence electrons. The average molecular weight is 1010 g/mol. The van der Waals surface area contributed by atoms with E-state index in [-0.39, 0.29) is 88.1 Å². The van der Waals surface area contributed by atoms with Gasteiger partial charge in [0.2, 0.25) is 23.6 Å². The summed E-state index contributed by atoms with van der Waals surface area (Å²) in [6.07, 6.45) is 6.18. The number of nitrogens with two attached hydrogens (primary N) is 1. The van der Waals surface area contributed by atoms with Gasteiger partial charge in [-0.3, -0.25) is 29.2 Å². The van der Waals surface area contributed by atoms with Gasteiger partial charge >= 0.3 is 0 Å². The van der Waals surface area contributed by atoms with E-state index in [0.29, 0.717) is 63.3 Å². The van der Waals surface area contributed by atoms with Crippen molar-refractivity contribution in [3.63, 3.8) is 0 Å². The van der Waals surface area contributed by atoms with Crippen molar-refractivity contribution in [1.29, 1.82) is 0 Å². The topological polar surface area (TPSA) is 172 Å². The zero-order valence-electron chi connectivity index (χ0n) is 40.2. The average Bonchev–Trinajstić information content (AvgIpc) is 3.85. The summed E-state index contributed by atoms with van der Waals surface area (Å²) in [5.74, 6) is -7.01. The van der Waals surface area contributed by atoms with Crippen molar-refractivity contribution in [2.24, 2.45) is 24.6 Å². The van der Waals surface area contributed by atoms with Gasteiger partial charge in [-0.15, -0.1) is 0 Å². The second-order valence-corrected chi connectivity index (χ2v) is 20.9. The summed E-state index contributed by atoms with van der Waals surface area (Å²) in [7, 11) is 1.58. The normalized spacial score (nSPS) is 24.3. The number of aromatic nitrogens is 2. The Labute approximate surface area is 419 Å². The quantitative estimate of drug-likeness (QED) is 0.0749. The molecule has 5 N–H and O–H groups in total. The van der Waals surface area contributed by atoms with Crippen LogP contribution in [0.1, 0.15) is 122 Å². The number of amides is 4. The Kier molecular flexibility index (Phi) is 13.6. The predicted molar refractivity (Wildman–Crippen MR) is 261 cm³/mol. The lowest BCUT2D eigenvalue weighted by atomic mass is 9.77. The van der Waals surface area contributed by atoms with Gasteiger partial charge in [0.1, 0.15) is 22.9 Å². The van der Waals surface area contributed by atoms with Crippen LogP contribution in [0.15, 0.2) is 54.6 Å². The lowest BCUT2D eigenvalue weighted by Gasteiger charge is -2.40. The van der Waals surface area contributed by atoms with Crippen LogP contribution in [0.25, 0.3) is 22.0 Å². The molecular weight excluding hydrogens is 954 g/mol. The molecule has 18 heteroatoms. The van der Waals surface area contributed by atoms with Gasteiger partial charge in [-0.05, 0) is 106 Å². The second-order valence-electron chi connectivity index (χ2n) is 20.5. The van der Waals surface area contributed by atoms with Crippen LogP contribution in [0, 0.1) is 35.1 Å². The number of hydrogen-bond acceptors (Lipinski definition) is 9. The Bertz CT molecular complexity index is 2970. The molecule has 4 amide bonds. The molecular formula is C54H58ClF4N7O6. The van der Waals surface area contributed by atoms with Crippen LogP contribution < -0.4 is 21.1 Å². The van der Waals surface area contributed by atoms with Crippen LogP contribution >= 0.6 is 11.6 Å². The predicted octanol–water partition coefficient (Wildman–Crippen LogP) is 8.43. The lowest BCUT2D eigenvalue weighted by molar-refractivity contribution is -0.138. The maximum atomic E-state index is 16.2. The first-order valence-electron chi connectivity index (χ1n) is 25.0. The fraction of sp³-hybridized carbons (Fsp3) is 0.463. The van der Waals surface area contributed by atoms with Gasteiger partial charge < -0.3 is 30.7 Å². The zero-order chi connectivity index (χ0) is 50.7. The molecule has 0 radical (unpaired) electrons. The van der Waals surface area contributed by atoms with Crippen LogP contribution in [0.3, 0.4) is 0 Å². The number of halogens is 5. The molecule has 1 saturated carbocycles. The number of imide groups is 1. The van der Waals surface area contributed by atoms with Crippen molar-refractivity contribution in [1.82, 2.24) is 30.2 Å². The molecule has 0 bridgehead atoms. The number of benzene rings is 4. The maximum Gasteiger partial charge on any atom is 0.249 e. The number of likely N-dealkylation sites (tertiary alicyclic amines) is 2. The third kappa shape index (κ3) is 8.88. The van der Waals surface area contributed by atoms with Gasteiger partial charge in [0.15, 0.2) is 23.0 Å². The first-order chi connectivity index (χ1) is 34.5. The molecule has 13 nitrogen and oxygen atoms in total. The van der Waals surface area contributed by atoms with Crippen molar-refractivity contribution in [3.05, 3.63) is 111 Å². The minimum atomic E-state index is -1.16. The molecule has 1 aliphatic carbocycles. The highest BCUT2D eigenvalue weighted by atomic mass is 35.5. The number of ether oxygens (including phenoxy) is 1. The van der Waals surface area contributed by atoms with Crippen LogP contribution in [0.2, 0.25) is 5.02 Å². The fourth-order valence-electron chi connectivity index (χ4n) is 12.4.